The molecular weight excluding hydrogens is 335 g/mol. The summed E-state index contributed by atoms with van der Waals surface area (Å²) < 4.78 is 41.0. The zero-order valence-corrected chi connectivity index (χ0v) is 14.5. The largest absolute Gasteiger partial charge is 0.468 e. The topological polar surface area (TPSA) is 64.1 Å². The van der Waals surface area contributed by atoms with Crippen molar-refractivity contribution >= 4 is 5.91 Å². The van der Waals surface area contributed by atoms with Gasteiger partial charge in [-0.1, -0.05) is 13.8 Å². The molecule has 2 rings (SSSR count). The number of nitrogens with zero attached hydrogens (tertiary/aromatic N) is 2. The Bertz CT molecular complexity index is 581. The van der Waals surface area contributed by atoms with E-state index in [1.165, 1.54) is 6.07 Å². The molecule has 140 valence electrons. The highest BCUT2D eigenvalue weighted by atomic mass is 19.4. The molecule has 1 aromatic heterocycles. The molecule has 1 aromatic rings. The number of ether oxygens (including phenoxy) is 1. The summed E-state index contributed by atoms with van der Waals surface area (Å²) in [6.07, 6.45) is 1.50. The van der Waals surface area contributed by atoms with Gasteiger partial charge in [-0.15, -0.1) is 0 Å². The Morgan fingerprint density at radius 2 is 2.00 bits per heavy atom. The van der Waals surface area contributed by atoms with E-state index in [2.05, 4.69) is 33.9 Å². The summed E-state index contributed by atoms with van der Waals surface area (Å²) in [5.41, 5.74) is 0.770. The molecule has 1 aliphatic rings. The van der Waals surface area contributed by atoms with Crippen molar-refractivity contribution in [3.8, 4) is 5.88 Å². The van der Waals surface area contributed by atoms with Gasteiger partial charge in [-0.05, 0) is 37.0 Å². The van der Waals surface area contributed by atoms with Crippen molar-refractivity contribution in [2.45, 2.75) is 58.7 Å². The minimum absolute atomic E-state index is 0.0684. The van der Waals surface area contributed by atoms with Crippen molar-refractivity contribution in [2.75, 3.05) is 6.61 Å². The molecule has 0 aromatic carbocycles. The predicted molar refractivity (Wildman–Crippen MR) is 85.8 cm³/mol. The van der Waals surface area contributed by atoms with Crippen LogP contribution in [0.25, 0.3) is 0 Å². The third kappa shape index (κ3) is 7.27. The van der Waals surface area contributed by atoms with Crippen LogP contribution < -0.4 is 10.1 Å². The monoisotopic (exact) mass is 359 g/mol. The second-order valence-electron chi connectivity index (χ2n) is 7.34. The number of rotatable bonds is 6. The fourth-order valence-corrected chi connectivity index (χ4v) is 2.90. The molecule has 0 atom stereocenters. The summed E-state index contributed by atoms with van der Waals surface area (Å²) in [7, 11) is 0. The van der Waals surface area contributed by atoms with E-state index in [1.54, 1.807) is 0 Å². The van der Waals surface area contributed by atoms with E-state index in [0.717, 1.165) is 32.0 Å². The van der Waals surface area contributed by atoms with E-state index in [-0.39, 0.29) is 18.3 Å². The Labute approximate surface area is 145 Å². The number of carbonyl (C=O) groups is 1. The molecule has 1 aliphatic carbocycles. The highest BCUT2D eigenvalue weighted by Gasteiger charge is 2.29. The van der Waals surface area contributed by atoms with Crippen molar-refractivity contribution in [3.05, 3.63) is 18.1 Å². The van der Waals surface area contributed by atoms with Crippen LogP contribution in [-0.2, 0) is 11.3 Å². The highest BCUT2D eigenvalue weighted by Crippen LogP contribution is 2.39. The Hall–Kier alpha value is -1.86. The smallest absolute Gasteiger partial charge is 0.422 e. The molecule has 1 amide bonds. The van der Waals surface area contributed by atoms with Gasteiger partial charge >= 0.3 is 6.18 Å². The van der Waals surface area contributed by atoms with Crippen LogP contribution in [0.1, 0.15) is 51.6 Å². The van der Waals surface area contributed by atoms with E-state index in [1.807, 2.05) is 0 Å². The van der Waals surface area contributed by atoms with Gasteiger partial charge < -0.3 is 10.1 Å². The second kappa shape index (κ2) is 8.01. The number of halogens is 3. The molecular formula is C17H24F3N3O2. The number of nitrogens with one attached hydrogen (secondary N) is 1. The molecule has 5 nitrogen and oxygen atoms in total. The Balaban J connectivity index is 1.76. The number of hydrogen-bond acceptors (Lipinski definition) is 4. The Kier molecular flexibility index (Phi) is 6.24. The predicted octanol–water partition coefficient (Wildman–Crippen LogP) is 3.64. The molecule has 0 radical (unpaired) electrons. The van der Waals surface area contributed by atoms with Crippen LogP contribution in [0, 0.1) is 11.3 Å². The van der Waals surface area contributed by atoms with Crippen LogP contribution in [-0.4, -0.2) is 28.7 Å². The van der Waals surface area contributed by atoms with Gasteiger partial charge in [0.15, 0.2) is 6.61 Å². The first-order chi connectivity index (χ1) is 11.6. The summed E-state index contributed by atoms with van der Waals surface area (Å²) >= 11 is 0. The molecule has 25 heavy (non-hydrogen) atoms. The number of aromatic nitrogens is 2. The summed E-state index contributed by atoms with van der Waals surface area (Å²) in [6, 6.07) is 1.30. The van der Waals surface area contributed by atoms with Crippen LogP contribution in [0.15, 0.2) is 12.4 Å². The third-order valence-corrected chi connectivity index (χ3v) is 4.48. The maximum absolute atomic E-state index is 12.1. The van der Waals surface area contributed by atoms with Gasteiger partial charge in [-0.3, -0.25) is 4.79 Å². The van der Waals surface area contributed by atoms with Crippen LogP contribution in [0.3, 0.4) is 0 Å². The van der Waals surface area contributed by atoms with Crippen molar-refractivity contribution in [1.29, 1.82) is 0 Å². The number of alkyl halides is 3. The molecule has 1 N–H and O–H groups in total. The van der Waals surface area contributed by atoms with Gasteiger partial charge in [0.05, 0.1) is 12.2 Å². The van der Waals surface area contributed by atoms with Gasteiger partial charge in [0.2, 0.25) is 11.8 Å². The van der Waals surface area contributed by atoms with E-state index < -0.39 is 12.8 Å². The van der Waals surface area contributed by atoms with Crippen LogP contribution in [0.5, 0.6) is 5.88 Å². The summed E-state index contributed by atoms with van der Waals surface area (Å²) in [5, 5.41) is 2.76. The zero-order valence-electron chi connectivity index (χ0n) is 14.5. The van der Waals surface area contributed by atoms with E-state index in [4.69, 9.17) is 0 Å². The van der Waals surface area contributed by atoms with Gasteiger partial charge in [-0.25, -0.2) is 9.97 Å². The quantitative estimate of drug-likeness (QED) is 0.842. The van der Waals surface area contributed by atoms with Gasteiger partial charge in [0, 0.05) is 12.5 Å². The maximum Gasteiger partial charge on any atom is 0.422 e. The lowest BCUT2D eigenvalue weighted by molar-refractivity contribution is -0.154. The fraction of sp³-hybridized carbons (Fsp3) is 0.706. The summed E-state index contributed by atoms with van der Waals surface area (Å²) in [5.74, 6) is 0.163. The average Bonchev–Trinajstić information content (AvgIpc) is 2.53. The Morgan fingerprint density at radius 1 is 1.32 bits per heavy atom. The molecule has 0 unspecified atom stereocenters. The van der Waals surface area contributed by atoms with Crippen molar-refractivity contribution < 1.29 is 22.7 Å². The van der Waals surface area contributed by atoms with Crippen molar-refractivity contribution in [2.24, 2.45) is 11.3 Å². The molecule has 1 heterocycles. The molecule has 1 saturated carbocycles. The second-order valence-corrected chi connectivity index (χ2v) is 7.34. The lowest BCUT2D eigenvalue weighted by Crippen LogP contribution is -2.28. The van der Waals surface area contributed by atoms with Gasteiger partial charge in [0.1, 0.15) is 6.33 Å². The number of hydrogen-bond donors (Lipinski definition) is 1. The first kappa shape index (κ1) is 19.5. The van der Waals surface area contributed by atoms with Gasteiger partial charge in [0.25, 0.3) is 0 Å². The summed E-state index contributed by atoms with van der Waals surface area (Å²) in [6.45, 7) is 3.23. The van der Waals surface area contributed by atoms with E-state index in [0.29, 0.717) is 23.4 Å². The van der Waals surface area contributed by atoms with Gasteiger partial charge in [-0.2, -0.15) is 13.2 Å². The zero-order chi connectivity index (χ0) is 18.5. The maximum atomic E-state index is 12.1. The highest BCUT2D eigenvalue weighted by molar-refractivity contribution is 5.76. The standard InChI is InChI=1S/C17H24F3N3O2/c1-16(2)5-3-12(4-6-16)7-14(24)21-9-13-8-15(23-11-22-13)25-10-17(18,19)20/h8,11-12H,3-7,9-10H2,1-2H3,(H,21,24). The summed E-state index contributed by atoms with van der Waals surface area (Å²) in [4.78, 5) is 19.6. The van der Waals surface area contributed by atoms with Crippen molar-refractivity contribution in [3.63, 3.8) is 0 Å². The molecule has 0 bridgehead atoms. The minimum atomic E-state index is -4.42. The molecule has 8 heteroatoms. The van der Waals surface area contributed by atoms with Crippen LogP contribution in [0.4, 0.5) is 13.2 Å². The first-order valence-electron chi connectivity index (χ1n) is 8.40. The average molecular weight is 359 g/mol. The molecule has 0 aliphatic heterocycles. The first-order valence-corrected chi connectivity index (χ1v) is 8.40. The van der Waals surface area contributed by atoms with Crippen LogP contribution >= 0.6 is 0 Å². The van der Waals surface area contributed by atoms with Crippen molar-refractivity contribution in [1.82, 2.24) is 15.3 Å². The lowest BCUT2D eigenvalue weighted by Gasteiger charge is -2.34. The minimum Gasteiger partial charge on any atom is -0.468 e. The third-order valence-electron chi connectivity index (χ3n) is 4.48. The molecule has 0 saturated heterocycles. The number of carbonyl (C=O) groups excluding carboxylic acids is 1. The van der Waals surface area contributed by atoms with E-state index >= 15 is 0 Å². The number of amides is 1. The fourth-order valence-electron chi connectivity index (χ4n) is 2.90. The SMILES string of the molecule is CC1(C)CCC(CC(=O)NCc2cc(OCC(F)(F)F)ncn2)CC1. The molecule has 0 spiro atoms. The normalized spacial score (nSPS) is 18.0. The Morgan fingerprint density at radius 3 is 2.64 bits per heavy atom. The van der Waals surface area contributed by atoms with E-state index in [9.17, 15) is 18.0 Å². The van der Waals surface area contributed by atoms with Crippen LogP contribution in [0.2, 0.25) is 0 Å². The lowest BCUT2D eigenvalue weighted by atomic mass is 9.72. The molecule has 1 fully saturated rings.